The number of hydrogen-bond donors (Lipinski definition) is 0. The Bertz CT molecular complexity index is 613. The normalized spacial score (nSPS) is 10.2. The molecule has 110 valence electrons. The highest BCUT2D eigenvalue weighted by Gasteiger charge is 2.17. The molecule has 2 aromatic carbocycles. The van der Waals surface area contributed by atoms with Gasteiger partial charge in [0.05, 0.1) is 12.7 Å². The molecule has 0 aliphatic carbocycles. The number of rotatable bonds is 6. The molecule has 0 bridgehead atoms. The summed E-state index contributed by atoms with van der Waals surface area (Å²) in [5.41, 5.74) is 1.05. The molecule has 0 aliphatic heterocycles. The van der Waals surface area contributed by atoms with Gasteiger partial charge in [0.1, 0.15) is 11.6 Å². The number of ketones is 1. The van der Waals surface area contributed by atoms with Crippen molar-refractivity contribution < 1.29 is 13.9 Å². The molecule has 0 heterocycles. The minimum atomic E-state index is -0.540. The summed E-state index contributed by atoms with van der Waals surface area (Å²) in [7, 11) is 3.34. The second-order valence-electron chi connectivity index (χ2n) is 4.75. The molecule has 3 nitrogen and oxygen atoms in total. The van der Waals surface area contributed by atoms with Crippen molar-refractivity contribution in [3.8, 4) is 5.75 Å². The van der Waals surface area contributed by atoms with Gasteiger partial charge in [0.15, 0.2) is 5.78 Å². The number of ether oxygens (including phenoxy) is 1. The molecule has 0 N–H and O–H groups in total. The number of Topliss-reactive ketones (excluding diaryl/α,β-unsaturated/α-hetero) is 1. The molecule has 4 heteroatoms. The quantitative estimate of drug-likeness (QED) is 0.761. The third-order valence-electron chi connectivity index (χ3n) is 3.35. The number of methoxy groups -OCH3 is 1. The first kappa shape index (κ1) is 15.0. The van der Waals surface area contributed by atoms with Crippen LogP contribution in [0.15, 0.2) is 48.5 Å². The van der Waals surface area contributed by atoms with Gasteiger partial charge in [-0.25, -0.2) is 4.39 Å². The molecule has 2 rings (SSSR count). The molecule has 0 saturated carbocycles. The largest absolute Gasteiger partial charge is 0.496 e. The standard InChI is InChI=1S/C17H18FNO2/c1-19(13-7-4-3-5-8-13)12-11-15(20)17-14(18)9-6-10-16(17)21-2/h3-10H,11-12H2,1-2H3. The summed E-state index contributed by atoms with van der Waals surface area (Å²) in [6, 6.07) is 14.1. The van der Waals surface area contributed by atoms with E-state index in [9.17, 15) is 9.18 Å². The van der Waals surface area contributed by atoms with Crippen molar-refractivity contribution in [3.05, 3.63) is 59.9 Å². The Kier molecular flexibility index (Phi) is 4.93. The molecule has 0 amide bonds. The molecule has 0 aromatic heterocycles. The summed E-state index contributed by atoms with van der Waals surface area (Å²) >= 11 is 0. The smallest absolute Gasteiger partial charge is 0.171 e. The van der Waals surface area contributed by atoms with Crippen LogP contribution in [0.25, 0.3) is 0 Å². The van der Waals surface area contributed by atoms with Gasteiger partial charge in [0.25, 0.3) is 0 Å². The number of nitrogens with zero attached hydrogens (tertiary/aromatic N) is 1. The maximum atomic E-state index is 13.8. The van der Waals surface area contributed by atoms with Gasteiger partial charge >= 0.3 is 0 Å². The van der Waals surface area contributed by atoms with E-state index in [0.717, 1.165) is 5.69 Å². The van der Waals surface area contributed by atoms with E-state index in [4.69, 9.17) is 4.74 Å². The van der Waals surface area contributed by atoms with Crippen LogP contribution in [-0.2, 0) is 0 Å². The highest BCUT2D eigenvalue weighted by Crippen LogP contribution is 2.23. The molecular formula is C17H18FNO2. The third kappa shape index (κ3) is 3.60. The molecule has 0 fully saturated rings. The monoisotopic (exact) mass is 287 g/mol. The fourth-order valence-corrected chi connectivity index (χ4v) is 2.15. The maximum absolute atomic E-state index is 13.8. The summed E-state index contributed by atoms with van der Waals surface area (Å²) in [4.78, 5) is 14.2. The van der Waals surface area contributed by atoms with Gasteiger partial charge in [-0.05, 0) is 24.3 Å². The number of carbonyl (C=O) groups excluding carboxylic acids is 1. The van der Waals surface area contributed by atoms with Crippen LogP contribution in [0, 0.1) is 5.82 Å². The topological polar surface area (TPSA) is 29.5 Å². The first-order valence-electron chi connectivity index (χ1n) is 6.75. The SMILES string of the molecule is COc1cccc(F)c1C(=O)CCN(C)c1ccccc1. The predicted molar refractivity (Wildman–Crippen MR) is 81.6 cm³/mol. The average Bonchev–Trinajstić information content (AvgIpc) is 2.52. The number of para-hydroxylation sites is 1. The molecule has 0 spiro atoms. The van der Waals surface area contributed by atoms with Crippen LogP contribution in [-0.4, -0.2) is 26.5 Å². The number of hydrogen-bond acceptors (Lipinski definition) is 3. The van der Waals surface area contributed by atoms with E-state index in [1.807, 2.05) is 42.3 Å². The third-order valence-corrected chi connectivity index (χ3v) is 3.35. The Morgan fingerprint density at radius 3 is 2.52 bits per heavy atom. The van der Waals surface area contributed by atoms with Crippen molar-refractivity contribution in [2.75, 3.05) is 25.6 Å². The van der Waals surface area contributed by atoms with Crippen LogP contribution < -0.4 is 9.64 Å². The molecule has 2 aromatic rings. The van der Waals surface area contributed by atoms with E-state index in [1.54, 1.807) is 6.07 Å². The van der Waals surface area contributed by atoms with Crippen molar-refractivity contribution in [1.29, 1.82) is 0 Å². The second-order valence-corrected chi connectivity index (χ2v) is 4.75. The Labute approximate surface area is 124 Å². The first-order valence-corrected chi connectivity index (χ1v) is 6.75. The summed E-state index contributed by atoms with van der Waals surface area (Å²) < 4.78 is 18.9. The van der Waals surface area contributed by atoms with Crippen LogP contribution in [0.4, 0.5) is 10.1 Å². The summed E-state index contributed by atoms with van der Waals surface area (Å²) in [6.07, 6.45) is 0.225. The number of carbonyl (C=O) groups is 1. The molecule has 0 saturated heterocycles. The van der Waals surface area contributed by atoms with Crippen LogP contribution in [0.1, 0.15) is 16.8 Å². The minimum absolute atomic E-state index is 0.0291. The van der Waals surface area contributed by atoms with E-state index in [1.165, 1.54) is 19.2 Å². The van der Waals surface area contributed by atoms with E-state index in [0.29, 0.717) is 6.54 Å². The van der Waals surface area contributed by atoms with E-state index >= 15 is 0 Å². The number of benzene rings is 2. The zero-order valence-electron chi connectivity index (χ0n) is 12.2. The van der Waals surface area contributed by atoms with Crippen LogP contribution in [0.5, 0.6) is 5.75 Å². The second kappa shape index (κ2) is 6.88. The van der Waals surface area contributed by atoms with Gasteiger partial charge in [-0.15, -0.1) is 0 Å². The fraction of sp³-hybridized carbons (Fsp3) is 0.235. The highest BCUT2D eigenvalue weighted by molar-refractivity contribution is 5.99. The maximum Gasteiger partial charge on any atom is 0.171 e. The lowest BCUT2D eigenvalue weighted by Crippen LogP contribution is -2.21. The van der Waals surface area contributed by atoms with Gasteiger partial charge in [-0.3, -0.25) is 4.79 Å². The van der Waals surface area contributed by atoms with Gasteiger partial charge < -0.3 is 9.64 Å². The van der Waals surface area contributed by atoms with Gasteiger partial charge in [-0.2, -0.15) is 0 Å². The predicted octanol–water partition coefficient (Wildman–Crippen LogP) is 3.54. The van der Waals surface area contributed by atoms with E-state index in [2.05, 4.69) is 0 Å². The Morgan fingerprint density at radius 1 is 1.14 bits per heavy atom. The average molecular weight is 287 g/mol. The van der Waals surface area contributed by atoms with Crippen LogP contribution >= 0.6 is 0 Å². The van der Waals surface area contributed by atoms with E-state index < -0.39 is 5.82 Å². The zero-order valence-corrected chi connectivity index (χ0v) is 12.2. The molecule has 0 atom stereocenters. The Morgan fingerprint density at radius 2 is 1.86 bits per heavy atom. The lowest BCUT2D eigenvalue weighted by atomic mass is 10.1. The highest BCUT2D eigenvalue weighted by atomic mass is 19.1. The lowest BCUT2D eigenvalue weighted by Gasteiger charge is -2.19. The molecule has 0 aliphatic rings. The summed E-state index contributed by atoms with van der Waals surface area (Å²) in [5, 5.41) is 0. The summed E-state index contributed by atoms with van der Waals surface area (Å²) in [5.74, 6) is -0.517. The van der Waals surface area contributed by atoms with Gasteiger partial charge in [0, 0.05) is 25.7 Å². The van der Waals surface area contributed by atoms with Crippen molar-refractivity contribution in [1.82, 2.24) is 0 Å². The van der Waals surface area contributed by atoms with Gasteiger partial charge in [-0.1, -0.05) is 24.3 Å². The van der Waals surface area contributed by atoms with Crippen molar-refractivity contribution in [3.63, 3.8) is 0 Å². The lowest BCUT2D eigenvalue weighted by molar-refractivity contribution is 0.0978. The summed E-state index contributed by atoms with van der Waals surface area (Å²) in [6.45, 7) is 0.514. The fourth-order valence-electron chi connectivity index (χ4n) is 2.15. The Hall–Kier alpha value is -2.36. The molecular weight excluding hydrogens is 269 g/mol. The van der Waals surface area contributed by atoms with Crippen LogP contribution in [0.2, 0.25) is 0 Å². The van der Waals surface area contributed by atoms with Crippen LogP contribution in [0.3, 0.4) is 0 Å². The Balaban J connectivity index is 2.06. The van der Waals surface area contributed by atoms with E-state index in [-0.39, 0.29) is 23.5 Å². The molecule has 0 unspecified atom stereocenters. The van der Waals surface area contributed by atoms with Crippen molar-refractivity contribution >= 4 is 11.5 Å². The molecule has 0 radical (unpaired) electrons. The first-order chi connectivity index (χ1) is 10.1. The number of anilines is 1. The van der Waals surface area contributed by atoms with Crippen molar-refractivity contribution in [2.24, 2.45) is 0 Å². The van der Waals surface area contributed by atoms with Gasteiger partial charge in [0.2, 0.25) is 0 Å². The number of halogens is 1. The minimum Gasteiger partial charge on any atom is -0.496 e. The molecule has 21 heavy (non-hydrogen) atoms. The van der Waals surface area contributed by atoms with Crippen molar-refractivity contribution in [2.45, 2.75) is 6.42 Å². The zero-order chi connectivity index (χ0) is 15.2.